The second kappa shape index (κ2) is 9.60. The van der Waals surface area contributed by atoms with Gasteiger partial charge in [-0.15, -0.1) is 12.4 Å². The van der Waals surface area contributed by atoms with Crippen LogP contribution in [-0.2, 0) is 11.4 Å². The molecule has 0 unspecified atom stereocenters. The standard InChI is InChI=1S/C21H26N2O2.ClH/c1-15-6-3-4-7-18(15)14-25-20-9-5-8-19(13-20)23-21(24)17-10-11-22-16(2)12-17;/h3-9,13,16-17,22H,10-12,14H2,1-2H3,(H,23,24);1H/t16-,17-;/m0./s1. The number of hydrogen-bond acceptors (Lipinski definition) is 3. The third-order valence-electron chi connectivity index (χ3n) is 4.75. The van der Waals surface area contributed by atoms with E-state index in [4.69, 9.17) is 4.74 Å². The maximum atomic E-state index is 12.5. The summed E-state index contributed by atoms with van der Waals surface area (Å²) in [6.07, 6.45) is 1.77. The number of piperidine rings is 1. The summed E-state index contributed by atoms with van der Waals surface area (Å²) in [5.41, 5.74) is 3.17. The van der Waals surface area contributed by atoms with Gasteiger partial charge in [-0.1, -0.05) is 30.3 Å². The lowest BCUT2D eigenvalue weighted by Gasteiger charge is -2.27. The molecule has 1 aliphatic rings. The Morgan fingerprint density at radius 3 is 2.81 bits per heavy atom. The fourth-order valence-corrected chi connectivity index (χ4v) is 3.21. The van der Waals surface area contributed by atoms with Crippen LogP contribution in [0.3, 0.4) is 0 Å². The molecule has 1 amide bonds. The maximum Gasteiger partial charge on any atom is 0.227 e. The zero-order chi connectivity index (χ0) is 17.6. The van der Waals surface area contributed by atoms with Crippen molar-refractivity contribution in [2.45, 2.75) is 39.3 Å². The Morgan fingerprint density at radius 2 is 2.04 bits per heavy atom. The van der Waals surface area contributed by atoms with Gasteiger partial charge < -0.3 is 15.4 Å². The highest BCUT2D eigenvalue weighted by Crippen LogP contribution is 2.22. The minimum Gasteiger partial charge on any atom is -0.489 e. The lowest BCUT2D eigenvalue weighted by atomic mass is 9.92. The number of nitrogens with one attached hydrogen (secondary N) is 2. The van der Waals surface area contributed by atoms with Gasteiger partial charge in [-0.25, -0.2) is 0 Å². The van der Waals surface area contributed by atoms with Crippen LogP contribution >= 0.6 is 12.4 Å². The molecule has 0 bridgehead atoms. The van der Waals surface area contributed by atoms with Gasteiger partial charge in [-0.3, -0.25) is 4.79 Å². The summed E-state index contributed by atoms with van der Waals surface area (Å²) in [5, 5.41) is 6.41. The van der Waals surface area contributed by atoms with Crippen LogP contribution in [0.5, 0.6) is 5.75 Å². The van der Waals surface area contributed by atoms with Gasteiger partial charge in [0.15, 0.2) is 0 Å². The Bertz CT molecular complexity index is 735. The first-order valence-electron chi connectivity index (χ1n) is 8.93. The number of carbonyl (C=O) groups excluding carboxylic acids is 1. The van der Waals surface area contributed by atoms with E-state index in [9.17, 15) is 4.79 Å². The first kappa shape index (κ1) is 20.3. The topological polar surface area (TPSA) is 50.4 Å². The lowest BCUT2D eigenvalue weighted by molar-refractivity contribution is -0.120. The molecule has 0 aromatic heterocycles. The third-order valence-corrected chi connectivity index (χ3v) is 4.75. The summed E-state index contributed by atoms with van der Waals surface area (Å²) >= 11 is 0. The lowest BCUT2D eigenvalue weighted by Crippen LogP contribution is -2.40. The second-order valence-corrected chi connectivity index (χ2v) is 6.81. The molecular formula is C21H27ClN2O2. The Balaban J connectivity index is 0.00000243. The van der Waals surface area contributed by atoms with Crippen molar-refractivity contribution in [3.63, 3.8) is 0 Å². The molecule has 1 heterocycles. The molecule has 0 spiro atoms. The van der Waals surface area contributed by atoms with Crippen molar-refractivity contribution in [3.05, 3.63) is 59.7 Å². The zero-order valence-corrected chi connectivity index (χ0v) is 16.1. The number of benzene rings is 2. The van der Waals surface area contributed by atoms with Crippen molar-refractivity contribution in [1.29, 1.82) is 0 Å². The number of aryl methyl sites for hydroxylation is 1. The van der Waals surface area contributed by atoms with Crippen LogP contribution < -0.4 is 15.4 Å². The Morgan fingerprint density at radius 1 is 1.23 bits per heavy atom. The molecule has 4 nitrogen and oxygen atoms in total. The van der Waals surface area contributed by atoms with Crippen LogP contribution in [0.25, 0.3) is 0 Å². The van der Waals surface area contributed by atoms with E-state index >= 15 is 0 Å². The molecule has 140 valence electrons. The summed E-state index contributed by atoms with van der Waals surface area (Å²) in [7, 11) is 0. The molecule has 2 atom stereocenters. The van der Waals surface area contributed by atoms with Gasteiger partial charge in [0, 0.05) is 23.7 Å². The molecule has 1 saturated heterocycles. The van der Waals surface area contributed by atoms with Crippen LogP contribution in [0.1, 0.15) is 30.9 Å². The average molecular weight is 375 g/mol. The Kier molecular flexibility index (Phi) is 7.49. The Hall–Kier alpha value is -2.04. The van der Waals surface area contributed by atoms with Gasteiger partial charge in [-0.2, -0.15) is 0 Å². The smallest absolute Gasteiger partial charge is 0.227 e. The average Bonchev–Trinajstić information content (AvgIpc) is 2.61. The molecule has 5 heteroatoms. The van der Waals surface area contributed by atoms with E-state index in [0.29, 0.717) is 12.6 Å². The summed E-state index contributed by atoms with van der Waals surface area (Å²) in [6, 6.07) is 16.2. The second-order valence-electron chi connectivity index (χ2n) is 6.81. The molecule has 2 N–H and O–H groups in total. The number of amides is 1. The van der Waals surface area contributed by atoms with Crippen molar-refractivity contribution in [3.8, 4) is 5.75 Å². The van der Waals surface area contributed by atoms with Crippen LogP contribution in [0.4, 0.5) is 5.69 Å². The SMILES string of the molecule is Cc1ccccc1COc1cccc(NC(=O)[C@H]2CCN[C@@H](C)C2)c1.Cl. The van der Waals surface area contributed by atoms with E-state index in [1.165, 1.54) is 11.1 Å². The summed E-state index contributed by atoms with van der Waals surface area (Å²) < 4.78 is 5.90. The van der Waals surface area contributed by atoms with E-state index in [0.717, 1.165) is 30.8 Å². The van der Waals surface area contributed by atoms with Crippen LogP contribution in [0.2, 0.25) is 0 Å². The van der Waals surface area contributed by atoms with E-state index in [2.05, 4.69) is 36.6 Å². The number of ether oxygens (including phenoxy) is 1. The molecule has 0 saturated carbocycles. The highest BCUT2D eigenvalue weighted by molar-refractivity contribution is 5.92. The van der Waals surface area contributed by atoms with Gasteiger partial charge in [0.2, 0.25) is 5.91 Å². The highest BCUT2D eigenvalue weighted by atomic mass is 35.5. The Labute approximate surface area is 161 Å². The van der Waals surface area contributed by atoms with Gasteiger partial charge in [0.25, 0.3) is 0 Å². The summed E-state index contributed by atoms with van der Waals surface area (Å²) in [5.74, 6) is 0.942. The summed E-state index contributed by atoms with van der Waals surface area (Å²) in [4.78, 5) is 12.5. The van der Waals surface area contributed by atoms with E-state index < -0.39 is 0 Å². The molecule has 1 aliphatic heterocycles. The minimum atomic E-state index is 0. The number of rotatable bonds is 5. The van der Waals surface area contributed by atoms with E-state index in [1.54, 1.807) is 0 Å². The normalized spacial score (nSPS) is 19.3. The van der Waals surface area contributed by atoms with Crippen molar-refractivity contribution >= 4 is 24.0 Å². The van der Waals surface area contributed by atoms with Crippen LogP contribution in [-0.4, -0.2) is 18.5 Å². The zero-order valence-electron chi connectivity index (χ0n) is 15.3. The molecule has 0 radical (unpaired) electrons. The van der Waals surface area contributed by atoms with Gasteiger partial charge >= 0.3 is 0 Å². The van der Waals surface area contributed by atoms with Gasteiger partial charge in [0.05, 0.1) is 0 Å². The molecule has 3 rings (SSSR count). The number of carbonyl (C=O) groups is 1. The molecule has 2 aromatic rings. The van der Waals surface area contributed by atoms with Gasteiger partial charge in [-0.05, 0) is 56.5 Å². The maximum absolute atomic E-state index is 12.5. The minimum absolute atomic E-state index is 0. The quantitative estimate of drug-likeness (QED) is 0.819. The van der Waals surface area contributed by atoms with E-state index in [-0.39, 0.29) is 24.2 Å². The van der Waals surface area contributed by atoms with Crippen molar-refractivity contribution < 1.29 is 9.53 Å². The van der Waals surface area contributed by atoms with Crippen molar-refractivity contribution in [2.24, 2.45) is 5.92 Å². The molecular weight excluding hydrogens is 348 g/mol. The van der Waals surface area contributed by atoms with Gasteiger partial charge in [0.1, 0.15) is 12.4 Å². The highest BCUT2D eigenvalue weighted by Gasteiger charge is 2.24. The summed E-state index contributed by atoms with van der Waals surface area (Å²) in [6.45, 7) is 5.63. The monoisotopic (exact) mass is 374 g/mol. The van der Waals surface area contributed by atoms with Crippen LogP contribution in [0.15, 0.2) is 48.5 Å². The first-order chi connectivity index (χ1) is 12.1. The van der Waals surface area contributed by atoms with Crippen molar-refractivity contribution in [1.82, 2.24) is 5.32 Å². The third kappa shape index (κ3) is 5.48. The largest absolute Gasteiger partial charge is 0.489 e. The van der Waals surface area contributed by atoms with E-state index in [1.807, 2.05) is 36.4 Å². The van der Waals surface area contributed by atoms with Crippen molar-refractivity contribution in [2.75, 3.05) is 11.9 Å². The fourth-order valence-electron chi connectivity index (χ4n) is 3.21. The number of hydrogen-bond donors (Lipinski definition) is 2. The molecule has 1 fully saturated rings. The predicted octanol–water partition coefficient (Wildman–Crippen LogP) is 4.32. The molecule has 26 heavy (non-hydrogen) atoms. The predicted molar refractivity (Wildman–Crippen MR) is 108 cm³/mol. The number of halogens is 1. The molecule has 2 aromatic carbocycles. The molecule has 0 aliphatic carbocycles. The number of anilines is 1. The fraction of sp³-hybridized carbons (Fsp3) is 0.381. The van der Waals surface area contributed by atoms with Crippen LogP contribution in [0, 0.1) is 12.8 Å². The first-order valence-corrected chi connectivity index (χ1v) is 8.93.